The summed E-state index contributed by atoms with van der Waals surface area (Å²) in [6.07, 6.45) is 4.94. The lowest BCUT2D eigenvalue weighted by atomic mass is 10.2. The lowest BCUT2D eigenvalue weighted by Gasteiger charge is -2.22. The van der Waals surface area contributed by atoms with Crippen LogP contribution < -0.4 is 14.2 Å². The summed E-state index contributed by atoms with van der Waals surface area (Å²) in [5.41, 5.74) is 0.983. The van der Waals surface area contributed by atoms with Gasteiger partial charge in [0, 0.05) is 37.5 Å². The number of aromatic nitrogens is 6. The largest absolute Gasteiger partial charge is 0.494 e. The molecule has 0 aliphatic heterocycles. The zero-order valence-electron chi connectivity index (χ0n) is 20.4. The minimum absolute atomic E-state index is 0.0969. The Labute approximate surface area is 218 Å². The van der Waals surface area contributed by atoms with E-state index >= 15 is 0 Å². The number of ether oxygens (including phenoxy) is 3. The van der Waals surface area contributed by atoms with Gasteiger partial charge in [0.1, 0.15) is 28.5 Å². The van der Waals surface area contributed by atoms with Gasteiger partial charge in [-0.05, 0) is 31.2 Å². The molecule has 0 bridgehead atoms. The predicted octanol–water partition coefficient (Wildman–Crippen LogP) is 3.31. The summed E-state index contributed by atoms with van der Waals surface area (Å²) in [5, 5.41) is 7.59. The third-order valence-electron chi connectivity index (χ3n) is 5.51. The molecule has 3 aromatic heterocycles. The van der Waals surface area contributed by atoms with Crippen molar-refractivity contribution >= 4 is 27.6 Å². The number of nitrogens with one attached hydrogen (secondary N) is 1. The molecule has 0 aliphatic rings. The Morgan fingerprint density at radius 2 is 1.65 bits per heavy atom. The van der Waals surface area contributed by atoms with Crippen LogP contribution in [0.2, 0.25) is 5.02 Å². The van der Waals surface area contributed by atoms with Gasteiger partial charge in [-0.2, -0.15) is 0 Å². The molecule has 1 aromatic carbocycles. The van der Waals surface area contributed by atoms with Gasteiger partial charge in [-0.25, -0.2) is 18.4 Å². The number of rotatable bonds is 10. The maximum absolute atomic E-state index is 13.6. The van der Waals surface area contributed by atoms with Crippen molar-refractivity contribution in [2.45, 2.75) is 18.3 Å². The molecule has 0 amide bonds. The fourth-order valence-corrected chi connectivity index (χ4v) is 4.88. The highest BCUT2D eigenvalue weighted by Gasteiger charge is 2.35. The SMILES string of the molecule is COc1cccc(OC)c1-n1c(NS(=O)(=O)[C@H](C)[C@H](OC)c2ncc(Cl)cn2)nnc1-c1cccnc1. The summed E-state index contributed by atoms with van der Waals surface area (Å²) >= 11 is 5.87. The highest BCUT2D eigenvalue weighted by atomic mass is 35.5. The molecule has 4 aromatic rings. The molecule has 0 aliphatic carbocycles. The van der Waals surface area contributed by atoms with Crippen LogP contribution in [0.1, 0.15) is 18.9 Å². The van der Waals surface area contributed by atoms with Crippen LogP contribution in [0, 0.1) is 0 Å². The second kappa shape index (κ2) is 11.1. The van der Waals surface area contributed by atoms with Gasteiger partial charge >= 0.3 is 0 Å². The summed E-state index contributed by atoms with van der Waals surface area (Å²) in [6, 6.07) is 8.68. The number of hydrogen-bond acceptors (Lipinski definition) is 10. The van der Waals surface area contributed by atoms with E-state index in [4.69, 9.17) is 25.8 Å². The molecular weight excluding hydrogens is 522 g/mol. The predicted molar refractivity (Wildman–Crippen MR) is 136 cm³/mol. The van der Waals surface area contributed by atoms with Crippen molar-refractivity contribution in [1.29, 1.82) is 0 Å². The molecule has 0 saturated carbocycles. The van der Waals surface area contributed by atoms with Crippen molar-refractivity contribution in [2.24, 2.45) is 0 Å². The van der Waals surface area contributed by atoms with E-state index in [0.717, 1.165) is 0 Å². The number of para-hydroxylation sites is 1. The molecule has 0 saturated heterocycles. The molecule has 194 valence electrons. The van der Waals surface area contributed by atoms with Crippen molar-refractivity contribution in [3.63, 3.8) is 0 Å². The summed E-state index contributed by atoms with van der Waals surface area (Å²) in [4.78, 5) is 12.4. The number of pyridine rings is 1. The third kappa shape index (κ3) is 5.33. The van der Waals surface area contributed by atoms with Gasteiger partial charge in [-0.3, -0.25) is 14.3 Å². The lowest BCUT2D eigenvalue weighted by molar-refractivity contribution is 0.0950. The Morgan fingerprint density at radius 3 is 2.22 bits per heavy atom. The van der Waals surface area contributed by atoms with E-state index in [2.05, 4.69) is 29.9 Å². The Hall–Kier alpha value is -3.81. The molecule has 0 spiro atoms. The number of halogens is 1. The Morgan fingerprint density at radius 1 is 0.973 bits per heavy atom. The summed E-state index contributed by atoms with van der Waals surface area (Å²) in [7, 11) is 0.230. The van der Waals surface area contributed by atoms with E-state index in [-0.39, 0.29) is 11.8 Å². The van der Waals surface area contributed by atoms with Crippen LogP contribution >= 0.6 is 11.6 Å². The Balaban J connectivity index is 1.83. The first-order valence-electron chi connectivity index (χ1n) is 10.9. The first-order valence-corrected chi connectivity index (χ1v) is 12.8. The molecule has 0 radical (unpaired) electrons. The third-order valence-corrected chi connectivity index (χ3v) is 7.39. The van der Waals surface area contributed by atoms with E-state index in [0.29, 0.717) is 33.6 Å². The van der Waals surface area contributed by atoms with Crippen molar-refractivity contribution in [3.8, 4) is 28.6 Å². The maximum atomic E-state index is 13.6. The maximum Gasteiger partial charge on any atom is 0.243 e. The normalized spacial score (nSPS) is 13.1. The molecule has 0 fully saturated rings. The van der Waals surface area contributed by atoms with Crippen LogP contribution in [0.5, 0.6) is 11.5 Å². The van der Waals surface area contributed by atoms with Gasteiger partial charge in [0.15, 0.2) is 11.6 Å². The topological polar surface area (TPSA) is 143 Å². The van der Waals surface area contributed by atoms with Gasteiger partial charge < -0.3 is 14.2 Å². The van der Waals surface area contributed by atoms with E-state index in [1.807, 2.05) is 0 Å². The number of sulfonamides is 1. The van der Waals surface area contributed by atoms with Crippen LogP contribution in [0.25, 0.3) is 17.1 Å². The zero-order valence-corrected chi connectivity index (χ0v) is 21.9. The first-order chi connectivity index (χ1) is 17.8. The minimum atomic E-state index is -4.13. The molecule has 0 unspecified atom stereocenters. The van der Waals surface area contributed by atoms with Crippen LogP contribution in [0.15, 0.2) is 55.1 Å². The summed E-state index contributed by atoms with van der Waals surface area (Å²) in [5.74, 6) is 1.18. The first kappa shape index (κ1) is 26.3. The monoisotopic (exact) mass is 545 g/mol. The standard InChI is InChI=1S/C23H24ClN7O5S/c1-14(20(36-4)21-26-12-16(24)13-27-21)37(32,33)30-23-29-28-22(15-7-6-10-25-11-15)31(23)19-17(34-2)8-5-9-18(19)35-3/h5-14,20H,1-4H3,(H,29,30)/t14-,20+/m1/s1. The zero-order chi connectivity index (χ0) is 26.6. The van der Waals surface area contributed by atoms with Crippen LogP contribution in [-0.2, 0) is 14.8 Å². The van der Waals surface area contributed by atoms with Crippen LogP contribution in [0.4, 0.5) is 5.95 Å². The summed E-state index contributed by atoms with van der Waals surface area (Å²) in [6.45, 7) is 1.47. The molecule has 1 N–H and O–H groups in total. The van der Waals surface area contributed by atoms with Gasteiger partial charge in [0.05, 0.1) is 19.2 Å². The average Bonchev–Trinajstić information content (AvgIpc) is 3.32. The fourth-order valence-electron chi connectivity index (χ4n) is 3.66. The van der Waals surface area contributed by atoms with E-state index in [9.17, 15) is 8.42 Å². The van der Waals surface area contributed by atoms with Gasteiger partial charge in [0.2, 0.25) is 16.0 Å². The highest BCUT2D eigenvalue weighted by molar-refractivity contribution is 7.93. The van der Waals surface area contributed by atoms with E-state index in [1.165, 1.54) is 45.2 Å². The van der Waals surface area contributed by atoms with Gasteiger partial charge in [0.25, 0.3) is 0 Å². The minimum Gasteiger partial charge on any atom is -0.494 e. The molecule has 2 atom stereocenters. The van der Waals surface area contributed by atoms with Crippen molar-refractivity contribution in [1.82, 2.24) is 29.7 Å². The van der Waals surface area contributed by atoms with Crippen LogP contribution in [0.3, 0.4) is 0 Å². The lowest BCUT2D eigenvalue weighted by Crippen LogP contribution is -2.33. The molecule has 14 heteroatoms. The second-order valence-electron chi connectivity index (χ2n) is 7.70. The number of benzene rings is 1. The second-order valence-corrected chi connectivity index (χ2v) is 10.2. The number of methoxy groups -OCH3 is 3. The van der Waals surface area contributed by atoms with Gasteiger partial charge in [-0.1, -0.05) is 17.7 Å². The average molecular weight is 546 g/mol. The highest BCUT2D eigenvalue weighted by Crippen LogP contribution is 2.38. The van der Waals surface area contributed by atoms with Crippen molar-refractivity contribution in [2.75, 3.05) is 26.1 Å². The summed E-state index contributed by atoms with van der Waals surface area (Å²) < 4.78 is 47.7. The molecule has 37 heavy (non-hydrogen) atoms. The van der Waals surface area contributed by atoms with E-state index < -0.39 is 21.4 Å². The molecule has 3 heterocycles. The van der Waals surface area contributed by atoms with Crippen molar-refractivity contribution in [3.05, 3.63) is 66.0 Å². The Bertz CT molecular complexity index is 1440. The quantitative estimate of drug-likeness (QED) is 0.315. The number of hydrogen-bond donors (Lipinski definition) is 1. The Kier molecular flexibility index (Phi) is 7.86. The number of anilines is 1. The van der Waals surface area contributed by atoms with Crippen LogP contribution in [-0.4, -0.2) is 64.7 Å². The van der Waals surface area contributed by atoms with Crippen molar-refractivity contribution < 1.29 is 22.6 Å². The fraction of sp³-hybridized carbons (Fsp3) is 0.261. The van der Waals surface area contributed by atoms with Gasteiger partial charge in [-0.15, -0.1) is 10.2 Å². The smallest absolute Gasteiger partial charge is 0.243 e. The van der Waals surface area contributed by atoms with E-state index in [1.54, 1.807) is 42.7 Å². The number of nitrogens with zero attached hydrogens (tertiary/aromatic N) is 6. The molecular formula is C23H24ClN7O5S. The molecule has 12 nitrogen and oxygen atoms in total. The molecule has 4 rings (SSSR count).